The topological polar surface area (TPSA) is 77.4 Å². The minimum Gasteiger partial charge on any atom is -0.492 e. The number of nitrogens with zero attached hydrogens (tertiary/aromatic N) is 1. The minimum absolute atomic E-state index is 0.0700. The summed E-state index contributed by atoms with van der Waals surface area (Å²) >= 11 is 1.07. The highest BCUT2D eigenvalue weighted by Gasteiger charge is 2.19. The van der Waals surface area contributed by atoms with Crippen LogP contribution < -0.4 is 14.3 Å². The molecule has 0 aliphatic heterocycles. The van der Waals surface area contributed by atoms with Gasteiger partial charge in [0.15, 0.2) is 0 Å². The Morgan fingerprint density at radius 2 is 1.96 bits per heavy atom. The lowest BCUT2D eigenvalue weighted by Gasteiger charge is -2.16. The molecule has 0 radical (unpaired) electrons. The van der Waals surface area contributed by atoms with Crippen LogP contribution in [0.2, 0.25) is 0 Å². The Balaban J connectivity index is 1.75. The Hall–Kier alpha value is -2.16. The van der Waals surface area contributed by atoms with Gasteiger partial charge < -0.3 is 4.74 Å². The van der Waals surface area contributed by atoms with Crippen molar-refractivity contribution in [3.63, 3.8) is 0 Å². The number of ether oxygens (including phenoxy) is 1. The normalized spacial score (nSPS) is 13.0. The summed E-state index contributed by atoms with van der Waals surface area (Å²) in [5, 5.41) is 0. The van der Waals surface area contributed by atoms with Crippen LogP contribution in [0.4, 0.5) is 0 Å². The number of thiazole rings is 1. The summed E-state index contributed by atoms with van der Waals surface area (Å²) in [6.45, 7) is 6.53. The zero-order valence-corrected chi connectivity index (χ0v) is 17.8. The van der Waals surface area contributed by atoms with Crippen LogP contribution in [0.25, 0.3) is 10.2 Å². The number of aryl methyl sites for hydroxylation is 2. The number of hydrogen-bond donors (Lipinski definition) is 1. The predicted molar refractivity (Wildman–Crippen MR) is 113 cm³/mol. The second-order valence-electron chi connectivity index (χ2n) is 6.75. The molecule has 8 heteroatoms. The van der Waals surface area contributed by atoms with Crippen molar-refractivity contribution in [3.05, 3.63) is 57.7 Å². The van der Waals surface area contributed by atoms with Crippen LogP contribution in [0.1, 0.15) is 25.8 Å². The highest BCUT2D eigenvalue weighted by molar-refractivity contribution is 7.89. The molecule has 0 aliphatic carbocycles. The lowest BCUT2D eigenvalue weighted by atomic mass is 10.2. The first-order valence-electron chi connectivity index (χ1n) is 9.16. The summed E-state index contributed by atoms with van der Waals surface area (Å²) in [6.07, 6.45) is 0.839. The average molecular weight is 421 g/mol. The first-order chi connectivity index (χ1) is 13.3. The van der Waals surface area contributed by atoms with E-state index in [1.54, 1.807) is 23.6 Å². The van der Waals surface area contributed by atoms with E-state index in [0.29, 0.717) is 11.2 Å². The molecule has 0 saturated carbocycles. The van der Waals surface area contributed by atoms with Crippen LogP contribution in [0, 0.1) is 6.92 Å². The van der Waals surface area contributed by atoms with Gasteiger partial charge in [-0.25, -0.2) is 13.1 Å². The number of hydrogen-bond acceptors (Lipinski definition) is 5. The van der Waals surface area contributed by atoms with Crippen molar-refractivity contribution in [2.45, 2.75) is 44.7 Å². The van der Waals surface area contributed by atoms with Crippen LogP contribution in [-0.4, -0.2) is 25.6 Å². The van der Waals surface area contributed by atoms with E-state index in [-0.39, 0.29) is 16.4 Å². The maximum absolute atomic E-state index is 12.7. The molecule has 3 rings (SSSR count). The van der Waals surface area contributed by atoms with E-state index in [1.165, 1.54) is 6.07 Å². The van der Waals surface area contributed by atoms with Gasteiger partial charge in [0, 0.05) is 6.54 Å². The van der Waals surface area contributed by atoms with E-state index >= 15 is 0 Å². The van der Waals surface area contributed by atoms with E-state index < -0.39 is 16.1 Å². The summed E-state index contributed by atoms with van der Waals surface area (Å²) in [5.41, 5.74) is 1.77. The molecule has 1 atom stereocenters. The third kappa shape index (κ3) is 4.45. The lowest BCUT2D eigenvalue weighted by molar-refractivity contribution is 0.286. The Morgan fingerprint density at radius 1 is 1.21 bits per heavy atom. The molecule has 0 amide bonds. The Labute approximate surface area is 168 Å². The number of benzene rings is 2. The van der Waals surface area contributed by atoms with Gasteiger partial charge in [-0.05, 0) is 50.1 Å². The Bertz CT molecular complexity index is 1130. The van der Waals surface area contributed by atoms with Gasteiger partial charge in [0.05, 0.1) is 21.2 Å². The zero-order valence-electron chi connectivity index (χ0n) is 16.1. The van der Waals surface area contributed by atoms with E-state index in [2.05, 4.69) is 4.72 Å². The van der Waals surface area contributed by atoms with Gasteiger partial charge in [-0.15, -0.1) is 0 Å². The molecule has 28 heavy (non-hydrogen) atoms. The van der Waals surface area contributed by atoms with Gasteiger partial charge in [-0.1, -0.05) is 36.5 Å². The number of para-hydroxylation sites is 1. The molecular weight excluding hydrogens is 396 g/mol. The molecule has 0 spiro atoms. The molecule has 0 bridgehead atoms. The molecule has 3 aromatic rings. The molecule has 150 valence electrons. The van der Waals surface area contributed by atoms with Crippen LogP contribution in [0.3, 0.4) is 0 Å². The number of fused-ring (bicyclic) bond motifs is 1. The summed E-state index contributed by atoms with van der Waals surface area (Å²) in [6, 6.07) is 12.0. The highest BCUT2D eigenvalue weighted by atomic mass is 32.2. The molecule has 1 aromatic heterocycles. The SMILES string of the molecule is CCCn1c(=O)sc2cc(S(=O)(=O)N[C@@H](C)COc3ccccc3C)ccc21. The van der Waals surface area contributed by atoms with E-state index in [1.807, 2.05) is 38.1 Å². The molecule has 1 heterocycles. The smallest absolute Gasteiger partial charge is 0.308 e. The lowest BCUT2D eigenvalue weighted by Crippen LogP contribution is -2.36. The summed E-state index contributed by atoms with van der Waals surface area (Å²) < 4.78 is 36.2. The molecule has 6 nitrogen and oxygen atoms in total. The van der Waals surface area contributed by atoms with E-state index in [4.69, 9.17) is 4.74 Å². The molecular formula is C20H24N2O4S2. The van der Waals surface area contributed by atoms with Crippen molar-refractivity contribution in [2.75, 3.05) is 6.61 Å². The third-order valence-electron chi connectivity index (χ3n) is 4.34. The molecule has 0 fully saturated rings. The fraction of sp³-hybridized carbons (Fsp3) is 0.350. The zero-order chi connectivity index (χ0) is 20.3. The van der Waals surface area contributed by atoms with Gasteiger partial charge in [-0.3, -0.25) is 9.36 Å². The minimum atomic E-state index is -3.72. The van der Waals surface area contributed by atoms with Gasteiger partial charge in [0.25, 0.3) is 0 Å². The quantitative estimate of drug-likeness (QED) is 0.605. The van der Waals surface area contributed by atoms with Crippen molar-refractivity contribution in [1.29, 1.82) is 0 Å². The van der Waals surface area contributed by atoms with Crippen molar-refractivity contribution in [1.82, 2.24) is 9.29 Å². The van der Waals surface area contributed by atoms with Crippen molar-refractivity contribution >= 4 is 31.6 Å². The first-order valence-corrected chi connectivity index (χ1v) is 11.5. The second kappa shape index (κ2) is 8.46. The van der Waals surface area contributed by atoms with Crippen LogP contribution in [0.5, 0.6) is 5.75 Å². The molecule has 0 aliphatic rings. The van der Waals surface area contributed by atoms with E-state index in [0.717, 1.165) is 34.6 Å². The van der Waals surface area contributed by atoms with Gasteiger partial charge in [-0.2, -0.15) is 0 Å². The van der Waals surface area contributed by atoms with Crippen LogP contribution in [0.15, 0.2) is 52.2 Å². The Kier molecular flexibility index (Phi) is 6.22. The predicted octanol–water partition coefficient (Wildman–Crippen LogP) is 3.53. The van der Waals surface area contributed by atoms with Gasteiger partial charge >= 0.3 is 4.87 Å². The monoisotopic (exact) mass is 420 g/mol. The number of sulfonamides is 1. The number of rotatable bonds is 8. The van der Waals surface area contributed by atoms with Crippen LogP contribution >= 0.6 is 11.3 Å². The fourth-order valence-electron chi connectivity index (χ4n) is 2.95. The average Bonchev–Trinajstić information content (AvgIpc) is 2.96. The van der Waals surface area contributed by atoms with Gasteiger partial charge in [0.1, 0.15) is 12.4 Å². The fourth-order valence-corrected chi connectivity index (χ4v) is 5.23. The van der Waals surface area contributed by atoms with Crippen molar-refractivity contribution < 1.29 is 13.2 Å². The van der Waals surface area contributed by atoms with Crippen LogP contribution in [-0.2, 0) is 16.6 Å². The summed E-state index contributed by atoms with van der Waals surface area (Å²) in [5.74, 6) is 0.733. The number of aromatic nitrogens is 1. The molecule has 0 unspecified atom stereocenters. The second-order valence-corrected chi connectivity index (χ2v) is 9.46. The van der Waals surface area contributed by atoms with Crippen molar-refractivity contribution in [3.8, 4) is 5.75 Å². The molecule has 0 saturated heterocycles. The summed E-state index contributed by atoms with van der Waals surface area (Å²) in [7, 11) is -3.72. The maximum Gasteiger partial charge on any atom is 0.308 e. The number of nitrogens with one attached hydrogen (secondary N) is 1. The standard InChI is InChI=1S/C20H24N2O4S2/c1-4-11-22-17-10-9-16(12-19(17)27-20(22)23)28(24,25)21-15(3)13-26-18-8-6-5-7-14(18)2/h5-10,12,15,21H,4,11,13H2,1-3H3/t15-/m0/s1. The van der Waals surface area contributed by atoms with Gasteiger partial charge in [0.2, 0.25) is 10.0 Å². The molecule has 1 N–H and O–H groups in total. The van der Waals surface area contributed by atoms with E-state index in [9.17, 15) is 13.2 Å². The summed E-state index contributed by atoms with van der Waals surface area (Å²) in [4.78, 5) is 12.2. The van der Waals surface area contributed by atoms with Crippen molar-refractivity contribution in [2.24, 2.45) is 0 Å². The third-order valence-corrected chi connectivity index (χ3v) is 6.87. The maximum atomic E-state index is 12.7. The Morgan fingerprint density at radius 3 is 2.68 bits per heavy atom. The largest absolute Gasteiger partial charge is 0.492 e. The highest BCUT2D eigenvalue weighted by Crippen LogP contribution is 2.22. The first kappa shape index (κ1) is 20.6. The molecule has 2 aromatic carbocycles.